The highest BCUT2D eigenvalue weighted by Crippen LogP contribution is 2.36. The summed E-state index contributed by atoms with van der Waals surface area (Å²) in [5.41, 5.74) is -0.139. The van der Waals surface area contributed by atoms with E-state index in [1.165, 1.54) is 19.1 Å². The van der Waals surface area contributed by atoms with Crippen molar-refractivity contribution in [3.05, 3.63) is 44.1 Å². The molecule has 0 bridgehead atoms. The molecule has 0 spiro atoms. The van der Waals surface area contributed by atoms with Crippen LogP contribution in [0.1, 0.15) is 5.69 Å². The molecule has 0 amide bonds. The summed E-state index contributed by atoms with van der Waals surface area (Å²) in [7, 11) is 1.60. The highest BCUT2D eigenvalue weighted by Gasteiger charge is 2.24. The number of rotatable bonds is 4. The van der Waals surface area contributed by atoms with E-state index in [2.05, 4.69) is 15.3 Å². The van der Waals surface area contributed by atoms with Gasteiger partial charge in [-0.15, -0.1) is 0 Å². The van der Waals surface area contributed by atoms with E-state index in [4.69, 9.17) is 27.9 Å². The maximum atomic E-state index is 11.1. The van der Waals surface area contributed by atoms with E-state index in [0.717, 1.165) is 0 Å². The van der Waals surface area contributed by atoms with E-state index < -0.39 is 4.92 Å². The summed E-state index contributed by atoms with van der Waals surface area (Å²) in [4.78, 5) is 18.4. The summed E-state index contributed by atoms with van der Waals surface area (Å²) >= 11 is 11.8. The van der Waals surface area contributed by atoms with Crippen LogP contribution in [0.4, 0.5) is 11.6 Å². The third kappa shape index (κ3) is 3.32. The van der Waals surface area contributed by atoms with Crippen LogP contribution in [-0.2, 0) is 0 Å². The first-order valence-corrected chi connectivity index (χ1v) is 6.51. The maximum absolute atomic E-state index is 11.1. The fourth-order valence-corrected chi connectivity index (χ4v) is 2.04. The monoisotopic (exact) mass is 328 g/mol. The molecule has 7 nitrogen and oxygen atoms in total. The number of ether oxygens (including phenoxy) is 1. The predicted octanol–water partition coefficient (Wildman–Crippen LogP) is 3.83. The first-order valence-electron chi connectivity index (χ1n) is 5.76. The second kappa shape index (κ2) is 6.11. The molecule has 1 aromatic carbocycles. The first-order chi connectivity index (χ1) is 9.92. The minimum Gasteiger partial charge on any atom is -0.432 e. The number of hydrogen-bond donors (Lipinski definition) is 1. The summed E-state index contributed by atoms with van der Waals surface area (Å²) in [5, 5.41) is 14.5. The Morgan fingerprint density at radius 3 is 2.62 bits per heavy atom. The second-order valence-corrected chi connectivity index (χ2v) is 4.81. The molecule has 2 aromatic rings. The van der Waals surface area contributed by atoms with E-state index in [0.29, 0.717) is 5.02 Å². The zero-order valence-corrected chi connectivity index (χ0v) is 12.6. The third-order valence-electron chi connectivity index (χ3n) is 2.53. The van der Waals surface area contributed by atoms with Crippen molar-refractivity contribution >= 4 is 34.8 Å². The van der Waals surface area contributed by atoms with Gasteiger partial charge in [-0.25, -0.2) is 4.98 Å². The Morgan fingerprint density at radius 1 is 1.33 bits per heavy atom. The Kier molecular flexibility index (Phi) is 4.44. The highest BCUT2D eigenvalue weighted by molar-refractivity contribution is 6.35. The molecule has 1 heterocycles. The van der Waals surface area contributed by atoms with Gasteiger partial charge >= 0.3 is 11.6 Å². The van der Waals surface area contributed by atoms with Gasteiger partial charge in [0.05, 0.1) is 9.95 Å². The van der Waals surface area contributed by atoms with Gasteiger partial charge < -0.3 is 10.1 Å². The Morgan fingerprint density at radius 2 is 2.05 bits per heavy atom. The molecule has 0 fully saturated rings. The van der Waals surface area contributed by atoms with Crippen molar-refractivity contribution in [2.75, 3.05) is 12.4 Å². The van der Waals surface area contributed by atoms with Gasteiger partial charge in [0.1, 0.15) is 11.4 Å². The van der Waals surface area contributed by atoms with E-state index in [9.17, 15) is 10.1 Å². The molecule has 0 aliphatic rings. The van der Waals surface area contributed by atoms with Gasteiger partial charge in [-0.05, 0) is 25.1 Å². The molecule has 0 aliphatic heterocycles. The molecule has 0 saturated heterocycles. The Balaban J connectivity index is 2.51. The van der Waals surface area contributed by atoms with Gasteiger partial charge in [-0.2, -0.15) is 4.98 Å². The van der Waals surface area contributed by atoms with Gasteiger partial charge in [0.15, 0.2) is 0 Å². The summed E-state index contributed by atoms with van der Waals surface area (Å²) in [5.74, 6) is 0.226. The minimum absolute atomic E-state index is 0.180. The van der Waals surface area contributed by atoms with E-state index >= 15 is 0 Å². The van der Waals surface area contributed by atoms with Gasteiger partial charge in [0.25, 0.3) is 0 Å². The lowest BCUT2D eigenvalue weighted by Gasteiger charge is -2.09. The number of aromatic nitrogens is 2. The smallest absolute Gasteiger partial charge is 0.352 e. The van der Waals surface area contributed by atoms with E-state index in [1.54, 1.807) is 13.1 Å². The molecule has 2 rings (SSSR count). The lowest BCUT2D eigenvalue weighted by atomic mass is 10.3. The van der Waals surface area contributed by atoms with E-state index in [-0.39, 0.29) is 34.0 Å². The van der Waals surface area contributed by atoms with Crippen LogP contribution in [0.5, 0.6) is 11.6 Å². The van der Waals surface area contributed by atoms with E-state index in [1.807, 2.05) is 0 Å². The van der Waals surface area contributed by atoms with Crippen LogP contribution in [-0.4, -0.2) is 21.9 Å². The number of hydrogen-bond acceptors (Lipinski definition) is 6. The van der Waals surface area contributed by atoms with Gasteiger partial charge in [-0.1, -0.05) is 23.2 Å². The molecule has 0 radical (unpaired) electrons. The average Bonchev–Trinajstić information content (AvgIpc) is 2.40. The number of aryl methyl sites for hydroxylation is 1. The fraction of sp³-hybridized carbons (Fsp3) is 0.167. The Bertz CT molecular complexity index is 709. The lowest BCUT2D eigenvalue weighted by molar-refractivity contribution is -0.386. The quantitative estimate of drug-likeness (QED) is 0.677. The predicted molar refractivity (Wildman–Crippen MR) is 79.5 cm³/mol. The normalized spacial score (nSPS) is 10.3. The molecule has 110 valence electrons. The van der Waals surface area contributed by atoms with Crippen LogP contribution >= 0.6 is 23.2 Å². The standard InChI is InChI=1S/C12H10Cl2N4O3/c1-6-10(18(19)20)11(17-12(15-2)16-6)21-9-4-3-7(13)5-8(9)14/h3-5H,1-2H3,(H,15,16,17). The number of nitrogens with one attached hydrogen (secondary N) is 1. The van der Waals surface area contributed by atoms with Gasteiger partial charge in [-0.3, -0.25) is 10.1 Å². The fourth-order valence-electron chi connectivity index (χ4n) is 1.60. The van der Waals surface area contributed by atoms with Gasteiger partial charge in [0.2, 0.25) is 5.95 Å². The molecule has 0 saturated carbocycles. The summed E-state index contributed by atoms with van der Waals surface area (Å²) < 4.78 is 5.46. The number of anilines is 1. The molecule has 9 heteroatoms. The topological polar surface area (TPSA) is 90.2 Å². The summed E-state index contributed by atoms with van der Waals surface area (Å²) in [6, 6.07) is 4.53. The number of nitro groups is 1. The van der Waals surface area contributed by atoms with Crippen LogP contribution in [0.2, 0.25) is 10.0 Å². The SMILES string of the molecule is CNc1nc(C)c([N+](=O)[O-])c(Oc2ccc(Cl)cc2Cl)n1. The van der Waals surface area contributed by atoms with Crippen LogP contribution in [0.3, 0.4) is 0 Å². The average molecular weight is 329 g/mol. The molecule has 0 atom stereocenters. The van der Waals surface area contributed by atoms with Crippen LogP contribution in [0.25, 0.3) is 0 Å². The van der Waals surface area contributed by atoms with Crippen LogP contribution < -0.4 is 10.1 Å². The Hall–Kier alpha value is -2.12. The number of benzene rings is 1. The van der Waals surface area contributed by atoms with Crippen LogP contribution in [0, 0.1) is 17.0 Å². The molecular weight excluding hydrogens is 319 g/mol. The van der Waals surface area contributed by atoms with Crippen molar-refractivity contribution in [1.82, 2.24) is 9.97 Å². The molecule has 0 unspecified atom stereocenters. The van der Waals surface area contributed by atoms with Crippen molar-refractivity contribution in [2.45, 2.75) is 6.92 Å². The number of halogens is 2. The van der Waals surface area contributed by atoms with Gasteiger partial charge in [0, 0.05) is 12.1 Å². The lowest BCUT2D eigenvalue weighted by Crippen LogP contribution is -2.05. The molecule has 1 N–H and O–H groups in total. The first kappa shape index (κ1) is 15.3. The zero-order chi connectivity index (χ0) is 15.6. The zero-order valence-electron chi connectivity index (χ0n) is 11.1. The third-order valence-corrected chi connectivity index (χ3v) is 3.06. The van der Waals surface area contributed by atoms with Crippen molar-refractivity contribution in [3.8, 4) is 11.6 Å². The van der Waals surface area contributed by atoms with Crippen molar-refractivity contribution in [1.29, 1.82) is 0 Å². The minimum atomic E-state index is -0.603. The number of nitrogens with zero attached hydrogens (tertiary/aromatic N) is 3. The maximum Gasteiger partial charge on any atom is 0.352 e. The van der Waals surface area contributed by atoms with Crippen molar-refractivity contribution in [2.24, 2.45) is 0 Å². The summed E-state index contributed by atoms with van der Waals surface area (Å²) in [6.45, 7) is 1.50. The van der Waals surface area contributed by atoms with Crippen molar-refractivity contribution in [3.63, 3.8) is 0 Å². The Labute approximate surface area is 130 Å². The largest absolute Gasteiger partial charge is 0.432 e. The summed E-state index contributed by atoms with van der Waals surface area (Å²) in [6.07, 6.45) is 0. The molecule has 0 aliphatic carbocycles. The molecule has 1 aromatic heterocycles. The molecular formula is C12H10Cl2N4O3. The van der Waals surface area contributed by atoms with Crippen LogP contribution in [0.15, 0.2) is 18.2 Å². The second-order valence-electron chi connectivity index (χ2n) is 3.97. The van der Waals surface area contributed by atoms with Crippen molar-refractivity contribution < 1.29 is 9.66 Å². The highest BCUT2D eigenvalue weighted by atomic mass is 35.5. The molecule has 21 heavy (non-hydrogen) atoms.